The van der Waals surface area contributed by atoms with E-state index in [1.165, 1.54) is 0 Å². The summed E-state index contributed by atoms with van der Waals surface area (Å²) in [7, 11) is 0. The molecule has 1 fully saturated rings. The SMILES string of the molecule is NC(Cc1cccc(CN2CCN(c3ncccn3)CC2)n1)C(=O)O. The zero-order chi connectivity index (χ0) is 17.6. The molecule has 3 N–H and O–H groups in total. The molecule has 0 aromatic carbocycles. The van der Waals surface area contributed by atoms with Crippen LogP contribution in [0, 0.1) is 0 Å². The summed E-state index contributed by atoms with van der Waals surface area (Å²) in [5.41, 5.74) is 7.23. The Kier molecular flexibility index (Phi) is 5.52. The second-order valence-corrected chi connectivity index (χ2v) is 6.08. The molecule has 1 saturated heterocycles. The Morgan fingerprint density at radius 3 is 2.48 bits per heavy atom. The van der Waals surface area contributed by atoms with Gasteiger partial charge in [0, 0.05) is 57.2 Å². The van der Waals surface area contributed by atoms with E-state index >= 15 is 0 Å². The third-order valence-corrected chi connectivity index (χ3v) is 4.20. The lowest BCUT2D eigenvalue weighted by Crippen LogP contribution is -2.46. The third kappa shape index (κ3) is 4.71. The number of piperazine rings is 1. The van der Waals surface area contributed by atoms with Gasteiger partial charge < -0.3 is 15.7 Å². The minimum absolute atomic E-state index is 0.238. The summed E-state index contributed by atoms with van der Waals surface area (Å²) < 4.78 is 0. The van der Waals surface area contributed by atoms with E-state index in [1.807, 2.05) is 24.3 Å². The van der Waals surface area contributed by atoms with Gasteiger partial charge in [0.1, 0.15) is 6.04 Å². The van der Waals surface area contributed by atoms with Crippen molar-refractivity contribution in [1.82, 2.24) is 19.9 Å². The summed E-state index contributed by atoms with van der Waals surface area (Å²) in [6, 6.07) is 6.58. The van der Waals surface area contributed by atoms with E-state index in [1.54, 1.807) is 12.4 Å². The topological polar surface area (TPSA) is 108 Å². The molecular formula is C17H22N6O2. The predicted molar refractivity (Wildman–Crippen MR) is 93.1 cm³/mol. The van der Waals surface area contributed by atoms with Gasteiger partial charge in [0.25, 0.3) is 0 Å². The minimum atomic E-state index is -1.01. The van der Waals surface area contributed by atoms with Crippen LogP contribution in [0.25, 0.3) is 0 Å². The van der Waals surface area contributed by atoms with Crippen molar-refractivity contribution in [2.45, 2.75) is 19.0 Å². The third-order valence-electron chi connectivity index (χ3n) is 4.20. The van der Waals surface area contributed by atoms with Gasteiger partial charge in [-0.05, 0) is 18.2 Å². The maximum absolute atomic E-state index is 10.9. The van der Waals surface area contributed by atoms with Gasteiger partial charge in [0.05, 0.1) is 5.69 Å². The van der Waals surface area contributed by atoms with Gasteiger partial charge in [-0.25, -0.2) is 9.97 Å². The highest BCUT2D eigenvalue weighted by molar-refractivity contribution is 5.73. The Balaban J connectivity index is 1.54. The van der Waals surface area contributed by atoms with Crippen LogP contribution in [-0.2, 0) is 17.8 Å². The van der Waals surface area contributed by atoms with Gasteiger partial charge in [-0.2, -0.15) is 0 Å². The highest BCUT2D eigenvalue weighted by Crippen LogP contribution is 2.12. The fourth-order valence-corrected chi connectivity index (χ4v) is 2.83. The number of aromatic nitrogens is 3. The number of hydrogen-bond donors (Lipinski definition) is 2. The molecule has 1 aliphatic heterocycles. The molecule has 132 valence electrons. The second kappa shape index (κ2) is 8.00. The number of aliphatic carboxylic acids is 1. The van der Waals surface area contributed by atoms with Crippen LogP contribution in [0.5, 0.6) is 0 Å². The van der Waals surface area contributed by atoms with Crippen molar-refractivity contribution >= 4 is 11.9 Å². The minimum Gasteiger partial charge on any atom is -0.480 e. The molecule has 8 nitrogen and oxygen atoms in total. The van der Waals surface area contributed by atoms with E-state index in [0.717, 1.165) is 44.4 Å². The van der Waals surface area contributed by atoms with Crippen molar-refractivity contribution in [2.24, 2.45) is 5.73 Å². The average molecular weight is 342 g/mol. The van der Waals surface area contributed by atoms with E-state index in [4.69, 9.17) is 10.8 Å². The maximum atomic E-state index is 10.9. The monoisotopic (exact) mass is 342 g/mol. The largest absolute Gasteiger partial charge is 0.480 e. The van der Waals surface area contributed by atoms with E-state index in [2.05, 4.69) is 24.8 Å². The number of hydrogen-bond acceptors (Lipinski definition) is 7. The normalized spacial score (nSPS) is 16.6. The molecule has 2 aromatic heterocycles. The maximum Gasteiger partial charge on any atom is 0.320 e. The Morgan fingerprint density at radius 2 is 1.80 bits per heavy atom. The summed E-state index contributed by atoms with van der Waals surface area (Å²) in [5.74, 6) is -0.239. The first-order valence-electron chi connectivity index (χ1n) is 8.29. The first kappa shape index (κ1) is 17.2. The average Bonchev–Trinajstić information content (AvgIpc) is 2.63. The van der Waals surface area contributed by atoms with Crippen LogP contribution in [0.3, 0.4) is 0 Å². The lowest BCUT2D eigenvalue weighted by molar-refractivity contribution is -0.138. The van der Waals surface area contributed by atoms with E-state index in [0.29, 0.717) is 5.69 Å². The van der Waals surface area contributed by atoms with Gasteiger partial charge in [-0.1, -0.05) is 6.07 Å². The molecule has 0 saturated carbocycles. The van der Waals surface area contributed by atoms with E-state index in [9.17, 15) is 4.79 Å². The highest BCUT2D eigenvalue weighted by atomic mass is 16.4. The zero-order valence-corrected chi connectivity index (χ0v) is 14.0. The van der Waals surface area contributed by atoms with Crippen LogP contribution < -0.4 is 10.6 Å². The van der Waals surface area contributed by atoms with Crippen molar-refractivity contribution in [1.29, 1.82) is 0 Å². The zero-order valence-electron chi connectivity index (χ0n) is 14.0. The summed E-state index contributed by atoms with van der Waals surface area (Å²) in [6.07, 6.45) is 3.75. The number of rotatable bonds is 6. The lowest BCUT2D eigenvalue weighted by atomic mass is 10.1. The smallest absolute Gasteiger partial charge is 0.320 e. The summed E-state index contributed by atoms with van der Waals surface area (Å²) in [5, 5.41) is 8.92. The summed E-state index contributed by atoms with van der Waals surface area (Å²) >= 11 is 0. The molecule has 25 heavy (non-hydrogen) atoms. The number of anilines is 1. The summed E-state index contributed by atoms with van der Waals surface area (Å²) in [4.78, 5) is 28.5. The van der Waals surface area contributed by atoms with Crippen molar-refractivity contribution in [3.63, 3.8) is 0 Å². The number of pyridine rings is 1. The van der Waals surface area contributed by atoms with Gasteiger partial charge in [0.2, 0.25) is 5.95 Å². The Hall–Kier alpha value is -2.58. The quantitative estimate of drug-likeness (QED) is 0.763. The number of carboxylic acid groups (broad SMARTS) is 1. The molecule has 1 unspecified atom stereocenters. The molecular weight excluding hydrogens is 320 g/mol. The van der Waals surface area contributed by atoms with Crippen molar-refractivity contribution < 1.29 is 9.90 Å². The molecule has 0 radical (unpaired) electrons. The molecule has 0 bridgehead atoms. The van der Waals surface area contributed by atoms with Crippen molar-refractivity contribution in [2.75, 3.05) is 31.1 Å². The number of nitrogens with two attached hydrogens (primary N) is 1. The predicted octanol–water partition coefficient (Wildman–Crippen LogP) is 0.148. The van der Waals surface area contributed by atoms with Crippen LogP contribution in [0.4, 0.5) is 5.95 Å². The fourth-order valence-electron chi connectivity index (χ4n) is 2.83. The van der Waals surface area contributed by atoms with E-state index in [-0.39, 0.29) is 6.42 Å². The van der Waals surface area contributed by atoms with Gasteiger partial charge in [0.15, 0.2) is 0 Å². The number of nitrogens with zero attached hydrogens (tertiary/aromatic N) is 5. The van der Waals surface area contributed by atoms with Crippen LogP contribution in [0.15, 0.2) is 36.7 Å². The Morgan fingerprint density at radius 1 is 1.12 bits per heavy atom. The summed E-state index contributed by atoms with van der Waals surface area (Å²) in [6.45, 7) is 4.28. The lowest BCUT2D eigenvalue weighted by Gasteiger charge is -2.34. The first-order valence-corrected chi connectivity index (χ1v) is 8.29. The van der Waals surface area contributed by atoms with Crippen molar-refractivity contribution in [3.8, 4) is 0 Å². The standard InChI is InChI=1S/C17H22N6O2/c18-15(16(24)25)11-13-3-1-4-14(21-13)12-22-7-9-23(10-8-22)17-19-5-2-6-20-17/h1-6,15H,7-12,18H2,(H,24,25). The molecule has 3 rings (SSSR count). The molecule has 0 amide bonds. The van der Waals surface area contributed by atoms with Gasteiger partial charge in [-0.3, -0.25) is 14.7 Å². The number of carboxylic acids is 1. The Labute approximate surface area is 146 Å². The van der Waals surface area contributed by atoms with Crippen LogP contribution in [-0.4, -0.2) is 63.1 Å². The first-order chi connectivity index (χ1) is 12.1. The van der Waals surface area contributed by atoms with Crippen LogP contribution in [0.2, 0.25) is 0 Å². The highest BCUT2D eigenvalue weighted by Gasteiger charge is 2.19. The van der Waals surface area contributed by atoms with Crippen molar-refractivity contribution in [3.05, 3.63) is 48.0 Å². The number of carbonyl (C=O) groups is 1. The second-order valence-electron chi connectivity index (χ2n) is 6.08. The Bertz CT molecular complexity index is 703. The molecule has 0 aliphatic carbocycles. The molecule has 1 atom stereocenters. The van der Waals surface area contributed by atoms with Gasteiger partial charge >= 0.3 is 5.97 Å². The van der Waals surface area contributed by atoms with Gasteiger partial charge in [-0.15, -0.1) is 0 Å². The fraction of sp³-hybridized carbons (Fsp3) is 0.412. The van der Waals surface area contributed by atoms with Crippen LogP contribution in [0.1, 0.15) is 11.4 Å². The molecule has 1 aliphatic rings. The molecule has 3 heterocycles. The van der Waals surface area contributed by atoms with E-state index < -0.39 is 12.0 Å². The molecule has 8 heteroatoms. The van der Waals surface area contributed by atoms with Crippen LogP contribution >= 0.6 is 0 Å². The molecule has 2 aromatic rings. The molecule has 0 spiro atoms.